The molecule has 0 aliphatic carbocycles. The van der Waals surface area contributed by atoms with Crippen molar-refractivity contribution < 1.29 is 27.5 Å². The Labute approximate surface area is 166 Å². The normalized spacial score (nSPS) is 15.5. The Morgan fingerprint density at radius 3 is 2.29 bits per heavy atom. The van der Waals surface area contributed by atoms with Gasteiger partial charge >= 0.3 is 5.97 Å². The van der Waals surface area contributed by atoms with Crippen molar-refractivity contribution in [3.8, 4) is 5.75 Å². The molecule has 1 aromatic rings. The first-order valence-electron chi connectivity index (χ1n) is 9.20. The van der Waals surface area contributed by atoms with Crippen molar-refractivity contribution in [2.24, 2.45) is 0 Å². The summed E-state index contributed by atoms with van der Waals surface area (Å²) in [5.74, 6) is -0.00116. The molecular formula is C19H28N2O6S. The van der Waals surface area contributed by atoms with E-state index in [2.05, 4.69) is 13.8 Å². The molecule has 0 N–H and O–H groups in total. The molecule has 1 amide bonds. The predicted molar refractivity (Wildman–Crippen MR) is 105 cm³/mol. The van der Waals surface area contributed by atoms with Gasteiger partial charge in [0, 0.05) is 26.2 Å². The Hall–Kier alpha value is -2.13. The fourth-order valence-electron chi connectivity index (χ4n) is 3.07. The second-order valence-electron chi connectivity index (χ2n) is 7.17. The summed E-state index contributed by atoms with van der Waals surface area (Å²) in [6.45, 7) is 6.59. The maximum absolute atomic E-state index is 12.1. The Bertz CT molecular complexity index is 814. The van der Waals surface area contributed by atoms with Crippen LogP contribution in [0, 0.1) is 6.92 Å². The van der Waals surface area contributed by atoms with E-state index in [1.165, 1.54) is 14.8 Å². The van der Waals surface area contributed by atoms with Gasteiger partial charge in [-0.1, -0.05) is 19.9 Å². The number of hydrogen-bond donors (Lipinski definition) is 0. The van der Waals surface area contributed by atoms with Crippen molar-refractivity contribution in [1.29, 1.82) is 0 Å². The molecule has 0 saturated carbocycles. The SMILES string of the molecule is Cc1cc(OCC(=O)OCC(=O)N2CCN(S(C)(=O)=O)CC2)ccc1C(C)C. The molecule has 1 aliphatic heterocycles. The summed E-state index contributed by atoms with van der Waals surface area (Å²) in [7, 11) is -3.25. The summed E-state index contributed by atoms with van der Waals surface area (Å²) in [5, 5.41) is 0. The molecule has 28 heavy (non-hydrogen) atoms. The van der Waals surface area contributed by atoms with Gasteiger partial charge in [-0.2, -0.15) is 4.31 Å². The van der Waals surface area contributed by atoms with Gasteiger partial charge in [0.15, 0.2) is 13.2 Å². The van der Waals surface area contributed by atoms with Crippen LogP contribution >= 0.6 is 0 Å². The fourth-order valence-corrected chi connectivity index (χ4v) is 3.90. The van der Waals surface area contributed by atoms with E-state index >= 15 is 0 Å². The molecule has 1 fully saturated rings. The Balaban J connectivity index is 1.74. The molecule has 1 saturated heterocycles. The minimum Gasteiger partial charge on any atom is -0.482 e. The fraction of sp³-hybridized carbons (Fsp3) is 0.579. The molecule has 0 atom stereocenters. The Kier molecular flexibility index (Phi) is 7.42. The van der Waals surface area contributed by atoms with E-state index in [0.717, 1.165) is 11.8 Å². The minimum atomic E-state index is -3.25. The standard InChI is InChI=1S/C19H28N2O6S/c1-14(2)17-6-5-16(11-15(17)3)26-13-19(23)27-12-18(22)20-7-9-21(10-8-20)28(4,24)25/h5-6,11,14H,7-10,12-13H2,1-4H3. The lowest BCUT2D eigenvalue weighted by molar-refractivity contribution is -0.154. The molecule has 0 bridgehead atoms. The van der Waals surface area contributed by atoms with E-state index in [1.807, 2.05) is 25.1 Å². The summed E-state index contributed by atoms with van der Waals surface area (Å²) < 4.78 is 34.7. The van der Waals surface area contributed by atoms with Crippen molar-refractivity contribution in [2.75, 3.05) is 45.6 Å². The molecule has 156 valence electrons. The second kappa shape index (κ2) is 9.38. The van der Waals surface area contributed by atoms with Gasteiger partial charge < -0.3 is 14.4 Å². The van der Waals surface area contributed by atoms with Gasteiger partial charge in [0.1, 0.15) is 5.75 Å². The molecule has 8 nitrogen and oxygen atoms in total. The van der Waals surface area contributed by atoms with Crippen LogP contribution in [0.25, 0.3) is 0 Å². The van der Waals surface area contributed by atoms with E-state index in [0.29, 0.717) is 11.7 Å². The summed E-state index contributed by atoms with van der Waals surface area (Å²) in [6.07, 6.45) is 1.14. The highest BCUT2D eigenvalue weighted by Gasteiger charge is 2.26. The number of aryl methyl sites for hydroxylation is 1. The van der Waals surface area contributed by atoms with E-state index < -0.39 is 16.0 Å². The van der Waals surface area contributed by atoms with E-state index in [-0.39, 0.29) is 45.3 Å². The molecule has 1 aromatic carbocycles. The van der Waals surface area contributed by atoms with Crippen LogP contribution in [0.2, 0.25) is 0 Å². The highest BCUT2D eigenvalue weighted by Crippen LogP contribution is 2.23. The summed E-state index contributed by atoms with van der Waals surface area (Å²) >= 11 is 0. The average molecular weight is 413 g/mol. The number of carbonyl (C=O) groups excluding carboxylic acids is 2. The number of ether oxygens (including phenoxy) is 2. The second-order valence-corrected chi connectivity index (χ2v) is 9.15. The molecule has 1 aliphatic rings. The molecular weight excluding hydrogens is 384 g/mol. The van der Waals surface area contributed by atoms with Gasteiger partial charge in [-0.3, -0.25) is 4.79 Å². The van der Waals surface area contributed by atoms with Crippen LogP contribution < -0.4 is 4.74 Å². The monoisotopic (exact) mass is 412 g/mol. The number of rotatable bonds is 7. The average Bonchev–Trinajstić information content (AvgIpc) is 2.63. The number of sulfonamides is 1. The van der Waals surface area contributed by atoms with Crippen molar-refractivity contribution in [2.45, 2.75) is 26.7 Å². The van der Waals surface area contributed by atoms with E-state index in [1.54, 1.807) is 0 Å². The van der Waals surface area contributed by atoms with Crippen LogP contribution in [0.3, 0.4) is 0 Å². The lowest BCUT2D eigenvalue weighted by Gasteiger charge is -2.33. The Morgan fingerprint density at radius 2 is 1.75 bits per heavy atom. The summed E-state index contributed by atoms with van der Waals surface area (Å²) in [4.78, 5) is 25.5. The lowest BCUT2D eigenvalue weighted by Crippen LogP contribution is -2.51. The zero-order valence-corrected chi connectivity index (χ0v) is 17.6. The number of piperazine rings is 1. The maximum Gasteiger partial charge on any atom is 0.344 e. The smallest absolute Gasteiger partial charge is 0.344 e. The quantitative estimate of drug-likeness (QED) is 0.624. The molecule has 1 heterocycles. The number of esters is 1. The molecule has 0 spiro atoms. The van der Waals surface area contributed by atoms with E-state index in [9.17, 15) is 18.0 Å². The first kappa shape index (κ1) is 22.2. The number of hydrogen-bond acceptors (Lipinski definition) is 6. The number of nitrogens with zero attached hydrogens (tertiary/aromatic N) is 2. The lowest BCUT2D eigenvalue weighted by atomic mass is 9.98. The Morgan fingerprint density at radius 1 is 1.11 bits per heavy atom. The van der Waals surface area contributed by atoms with Crippen molar-refractivity contribution >= 4 is 21.9 Å². The summed E-state index contributed by atoms with van der Waals surface area (Å²) in [6, 6.07) is 5.65. The van der Waals surface area contributed by atoms with Crippen LogP contribution in [-0.2, 0) is 24.3 Å². The van der Waals surface area contributed by atoms with Crippen molar-refractivity contribution in [1.82, 2.24) is 9.21 Å². The molecule has 0 radical (unpaired) electrons. The van der Waals surface area contributed by atoms with Gasteiger partial charge in [0.2, 0.25) is 10.0 Å². The van der Waals surface area contributed by atoms with Crippen LogP contribution in [0.1, 0.15) is 30.9 Å². The van der Waals surface area contributed by atoms with Gasteiger partial charge in [-0.15, -0.1) is 0 Å². The third-order valence-corrected chi connectivity index (χ3v) is 5.94. The maximum atomic E-state index is 12.1. The van der Waals surface area contributed by atoms with Gasteiger partial charge in [-0.25, -0.2) is 13.2 Å². The highest BCUT2D eigenvalue weighted by molar-refractivity contribution is 7.88. The zero-order chi connectivity index (χ0) is 20.9. The minimum absolute atomic E-state index is 0.243. The zero-order valence-electron chi connectivity index (χ0n) is 16.8. The van der Waals surface area contributed by atoms with Crippen LogP contribution in [0.5, 0.6) is 5.75 Å². The topological polar surface area (TPSA) is 93.2 Å². The number of carbonyl (C=O) groups is 2. The first-order chi connectivity index (χ1) is 13.1. The van der Waals surface area contributed by atoms with Gasteiger partial charge in [0.05, 0.1) is 6.26 Å². The highest BCUT2D eigenvalue weighted by atomic mass is 32.2. The largest absolute Gasteiger partial charge is 0.482 e. The molecule has 0 unspecified atom stereocenters. The third-order valence-electron chi connectivity index (χ3n) is 4.64. The van der Waals surface area contributed by atoms with Gasteiger partial charge in [-0.05, 0) is 36.1 Å². The molecule has 9 heteroatoms. The molecule has 2 rings (SSSR count). The first-order valence-corrected chi connectivity index (χ1v) is 11.0. The summed E-state index contributed by atoms with van der Waals surface area (Å²) in [5.41, 5.74) is 2.31. The predicted octanol–water partition coefficient (Wildman–Crippen LogP) is 1.14. The number of benzene rings is 1. The van der Waals surface area contributed by atoms with Crippen molar-refractivity contribution in [3.63, 3.8) is 0 Å². The van der Waals surface area contributed by atoms with Gasteiger partial charge in [0.25, 0.3) is 5.91 Å². The van der Waals surface area contributed by atoms with E-state index in [4.69, 9.17) is 9.47 Å². The number of amides is 1. The van der Waals surface area contributed by atoms with Crippen LogP contribution in [-0.4, -0.2) is 75.1 Å². The third kappa shape index (κ3) is 6.20. The molecule has 0 aromatic heterocycles. The van der Waals surface area contributed by atoms with Crippen LogP contribution in [0.15, 0.2) is 18.2 Å². The van der Waals surface area contributed by atoms with Crippen LogP contribution in [0.4, 0.5) is 0 Å². The van der Waals surface area contributed by atoms with Crippen molar-refractivity contribution in [3.05, 3.63) is 29.3 Å².